The predicted molar refractivity (Wildman–Crippen MR) is 47.1 cm³/mol. The Balaban J connectivity index is 3.02. The molecule has 0 spiro atoms. The molecule has 1 aromatic carbocycles. The van der Waals surface area contributed by atoms with Crippen LogP contribution in [-0.4, -0.2) is 10.9 Å². The molecule has 0 aliphatic carbocycles. The fraction of sp³-hybridized carbons (Fsp3) is 0.222. The molecule has 1 atom stereocenters. The average molecular weight is 185 g/mol. The molecule has 0 saturated carbocycles. The van der Waals surface area contributed by atoms with Crippen LogP contribution in [0.5, 0.6) is 0 Å². The van der Waals surface area contributed by atoms with Crippen molar-refractivity contribution in [2.75, 3.05) is 0 Å². The fourth-order valence-electron chi connectivity index (χ4n) is 0.916. The summed E-state index contributed by atoms with van der Waals surface area (Å²) in [4.78, 5) is 10.8. The van der Waals surface area contributed by atoms with Crippen molar-refractivity contribution in [2.24, 2.45) is 0 Å². The van der Waals surface area contributed by atoms with Crippen molar-refractivity contribution in [3.05, 3.63) is 34.9 Å². The van der Waals surface area contributed by atoms with Crippen LogP contribution in [0.2, 0.25) is 5.02 Å². The molecule has 0 aliphatic heterocycles. The van der Waals surface area contributed by atoms with Crippen molar-refractivity contribution in [1.29, 1.82) is 0 Å². The van der Waals surface area contributed by atoms with Gasteiger partial charge >= 0.3 is 0 Å². The molecule has 1 rings (SSSR count). The van der Waals surface area contributed by atoms with Crippen LogP contribution in [0.1, 0.15) is 18.6 Å². The molecule has 1 N–H and O–H groups in total. The number of aliphatic hydroxyl groups excluding tert-OH is 1. The van der Waals surface area contributed by atoms with E-state index in [1.54, 1.807) is 24.3 Å². The average Bonchev–Trinajstić information content (AvgIpc) is 2.04. The molecule has 64 valence electrons. The van der Waals surface area contributed by atoms with Crippen LogP contribution in [-0.2, 0) is 4.79 Å². The quantitative estimate of drug-likeness (QED) is 0.763. The molecule has 0 aliphatic rings. The van der Waals surface area contributed by atoms with Crippen LogP contribution in [0.25, 0.3) is 0 Å². The highest BCUT2D eigenvalue weighted by Crippen LogP contribution is 2.22. The van der Waals surface area contributed by atoms with Crippen LogP contribution in [0, 0.1) is 0 Å². The molecular weight excluding hydrogens is 176 g/mol. The fourth-order valence-corrected chi connectivity index (χ4v) is 1.15. The van der Waals surface area contributed by atoms with E-state index in [2.05, 4.69) is 0 Å². The summed E-state index contributed by atoms with van der Waals surface area (Å²) >= 11 is 5.75. The maximum atomic E-state index is 10.8. The Labute approximate surface area is 75.8 Å². The second kappa shape index (κ2) is 3.70. The molecule has 12 heavy (non-hydrogen) atoms. The van der Waals surface area contributed by atoms with E-state index >= 15 is 0 Å². The minimum Gasteiger partial charge on any atom is -0.381 e. The summed E-state index contributed by atoms with van der Waals surface area (Å²) in [6, 6.07) is 6.75. The van der Waals surface area contributed by atoms with Crippen LogP contribution in [0.3, 0.4) is 0 Å². The van der Waals surface area contributed by atoms with E-state index < -0.39 is 6.10 Å². The molecule has 0 fully saturated rings. The van der Waals surface area contributed by atoms with Crippen molar-refractivity contribution < 1.29 is 9.90 Å². The van der Waals surface area contributed by atoms with E-state index in [1.165, 1.54) is 6.92 Å². The number of aliphatic hydroxyl groups is 1. The van der Waals surface area contributed by atoms with Crippen molar-refractivity contribution in [1.82, 2.24) is 0 Å². The first-order valence-corrected chi connectivity index (χ1v) is 3.93. The molecular formula is C9H9ClO2. The number of benzene rings is 1. The van der Waals surface area contributed by atoms with Gasteiger partial charge in [0.05, 0.1) is 0 Å². The minimum atomic E-state index is -1.10. The number of carbonyl (C=O) groups excluding carboxylic acids is 1. The van der Waals surface area contributed by atoms with Gasteiger partial charge in [0.1, 0.15) is 6.10 Å². The van der Waals surface area contributed by atoms with Crippen molar-refractivity contribution in [3.63, 3.8) is 0 Å². The summed E-state index contributed by atoms with van der Waals surface area (Å²) in [5, 5.41) is 9.76. The molecule has 0 unspecified atom stereocenters. The van der Waals surface area contributed by atoms with E-state index in [0.29, 0.717) is 10.6 Å². The standard InChI is InChI=1S/C9H9ClO2/c1-6(11)9(12)7-4-2-3-5-8(7)10/h2-5,9,12H,1H3/t9-/m1/s1. The van der Waals surface area contributed by atoms with Crippen LogP contribution in [0.4, 0.5) is 0 Å². The van der Waals surface area contributed by atoms with Gasteiger partial charge in [-0.1, -0.05) is 29.8 Å². The summed E-state index contributed by atoms with van der Waals surface area (Å²) in [5.41, 5.74) is 0.465. The molecule has 2 nitrogen and oxygen atoms in total. The minimum absolute atomic E-state index is 0.303. The Morgan fingerprint density at radius 2 is 2.08 bits per heavy atom. The van der Waals surface area contributed by atoms with Gasteiger partial charge in [0.25, 0.3) is 0 Å². The Bertz CT molecular complexity index is 296. The Morgan fingerprint density at radius 1 is 1.50 bits per heavy atom. The van der Waals surface area contributed by atoms with Crippen molar-refractivity contribution in [3.8, 4) is 0 Å². The lowest BCUT2D eigenvalue weighted by molar-refractivity contribution is -0.125. The molecule has 0 radical (unpaired) electrons. The Kier molecular flexibility index (Phi) is 2.84. The lowest BCUT2D eigenvalue weighted by Crippen LogP contribution is -2.07. The molecule has 0 bridgehead atoms. The number of hydrogen-bond donors (Lipinski definition) is 1. The molecule has 1 aromatic rings. The maximum Gasteiger partial charge on any atom is 0.162 e. The second-order valence-corrected chi connectivity index (χ2v) is 2.94. The van der Waals surface area contributed by atoms with E-state index in [-0.39, 0.29) is 5.78 Å². The third kappa shape index (κ3) is 1.84. The Hall–Kier alpha value is -0.860. The van der Waals surface area contributed by atoms with E-state index in [1.807, 2.05) is 0 Å². The SMILES string of the molecule is CC(=O)[C@@H](O)c1ccccc1Cl. The van der Waals surface area contributed by atoms with E-state index in [0.717, 1.165) is 0 Å². The van der Waals surface area contributed by atoms with Crippen LogP contribution >= 0.6 is 11.6 Å². The third-order valence-electron chi connectivity index (χ3n) is 1.58. The normalized spacial score (nSPS) is 12.6. The summed E-state index contributed by atoms with van der Waals surface area (Å²) in [6.07, 6.45) is -1.10. The summed E-state index contributed by atoms with van der Waals surface area (Å²) in [7, 11) is 0. The zero-order chi connectivity index (χ0) is 9.14. The molecule has 0 aromatic heterocycles. The van der Waals surface area contributed by atoms with Gasteiger partial charge in [0, 0.05) is 10.6 Å². The maximum absolute atomic E-state index is 10.8. The van der Waals surface area contributed by atoms with Crippen molar-refractivity contribution >= 4 is 17.4 Å². The predicted octanol–water partition coefficient (Wildman–Crippen LogP) is 1.96. The summed E-state index contributed by atoms with van der Waals surface area (Å²) < 4.78 is 0. The first-order valence-electron chi connectivity index (χ1n) is 3.56. The summed E-state index contributed by atoms with van der Waals surface area (Å²) in [5.74, 6) is -0.303. The van der Waals surface area contributed by atoms with Gasteiger partial charge in [0.15, 0.2) is 5.78 Å². The number of carbonyl (C=O) groups is 1. The topological polar surface area (TPSA) is 37.3 Å². The van der Waals surface area contributed by atoms with Gasteiger partial charge in [-0.3, -0.25) is 4.79 Å². The van der Waals surface area contributed by atoms with Gasteiger partial charge in [0.2, 0.25) is 0 Å². The van der Waals surface area contributed by atoms with Gasteiger partial charge < -0.3 is 5.11 Å². The largest absolute Gasteiger partial charge is 0.381 e. The smallest absolute Gasteiger partial charge is 0.162 e. The monoisotopic (exact) mass is 184 g/mol. The molecule has 0 amide bonds. The highest BCUT2D eigenvalue weighted by Gasteiger charge is 2.14. The lowest BCUT2D eigenvalue weighted by Gasteiger charge is -2.07. The third-order valence-corrected chi connectivity index (χ3v) is 1.93. The number of rotatable bonds is 2. The number of halogens is 1. The van der Waals surface area contributed by atoms with Crippen LogP contribution in [0.15, 0.2) is 24.3 Å². The zero-order valence-corrected chi connectivity index (χ0v) is 7.38. The summed E-state index contributed by atoms with van der Waals surface area (Å²) in [6.45, 7) is 1.33. The molecule has 3 heteroatoms. The first-order chi connectivity index (χ1) is 5.63. The van der Waals surface area contributed by atoms with Gasteiger partial charge in [-0.15, -0.1) is 0 Å². The molecule has 0 saturated heterocycles. The lowest BCUT2D eigenvalue weighted by atomic mass is 10.1. The van der Waals surface area contributed by atoms with Gasteiger partial charge in [-0.05, 0) is 13.0 Å². The zero-order valence-electron chi connectivity index (χ0n) is 6.62. The van der Waals surface area contributed by atoms with E-state index in [4.69, 9.17) is 11.6 Å². The second-order valence-electron chi connectivity index (χ2n) is 2.53. The number of hydrogen-bond acceptors (Lipinski definition) is 2. The van der Waals surface area contributed by atoms with Gasteiger partial charge in [-0.2, -0.15) is 0 Å². The van der Waals surface area contributed by atoms with Crippen LogP contribution < -0.4 is 0 Å². The molecule has 0 heterocycles. The Morgan fingerprint density at radius 3 is 2.58 bits per heavy atom. The van der Waals surface area contributed by atoms with Crippen molar-refractivity contribution in [2.45, 2.75) is 13.0 Å². The number of Topliss-reactive ketones (excluding diaryl/α,β-unsaturated/α-hetero) is 1. The highest BCUT2D eigenvalue weighted by atomic mass is 35.5. The highest BCUT2D eigenvalue weighted by molar-refractivity contribution is 6.31. The first kappa shape index (κ1) is 9.23. The van der Waals surface area contributed by atoms with E-state index in [9.17, 15) is 9.90 Å². The number of ketones is 1. The van der Waals surface area contributed by atoms with Gasteiger partial charge in [-0.25, -0.2) is 0 Å².